The maximum atomic E-state index is 13.5. The maximum absolute atomic E-state index is 13.5. The predicted octanol–water partition coefficient (Wildman–Crippen LogP) is 4.25. The van der Waals surface area contributed by atoms with Crippen LogP contribution in [0.25, 0.3) is 0 Å². The lowest BCUT2D eigenvalue weighted by Crippen LogP contribution is -2.13. The number of hydrogen-bond donors (Lipinski definition) is 1. The molecule has 0 radical (unpaired) electrons. The first-order chi connectivity index (χ1) is 10.5. The summed E-state index contributed by atoms with van der Waals surface area (Å²) in [6, 6.07) is 9.60. The van der Waals surface area contributed by atoms with E-state index in [4.69, 9.17) is 4.74 Å². The van der Waals surface area contributed by atoms with Gasteiger partial charge in [-0.3, -0.25) is 4.79 Å². The number of benzene rings is 2. The average Bonchev–Trinajstić information content (AvgIpc) is 2.48. The number of carbonyl (C=O) groups excluding carboxylic acids is 1. The number of amides is 1. The standard InChI is InChI=1S/C17H17F2NO2/c1-11(2)10-22-14-5-3-4-12(8-14)17(21)20-16-7-6-13(18)9-15(16)19/h3-9,11H,10H2,1-2H3,(H,20,21). The van der Waals surface area contributed by atoms with Crippen molar-refractivity contribution in [3.8, 4) is 5.75 Å². The highest BCUT2D eigenvalue weighted by Crippen LogP contribution is 2.18. The van der Waals surface area contributed by atoms with Gasteiger partial charge < -0.3 is 10.1 Å². The summed E-state index contributed by atoms with van der Waals surface area (Å²) in [5.74, 6) is -1.06. The molecular formula is C17H17F2NO2. The Morgan fingerprint density at radius 2 is 1.95 bits per heavy atom. The Hall–Kier alpha value is -2.43. The molecule has 0 bridgehead atoms. The van der Waals surface area contributed by atoms with Crippen molar-refractivity contribution >= 4 is 11.6 Å². The molecule has 1 amide bonds. The summed E-state index contributed by atoms with van der Waals surface area (Å²) < 4.78 is 31.9. The molecule has 0 atom stereocenters. The quantitative estimate of drug-likeness (QED) is 0.896. The number of anilines is 1. The van der Waals surface area contributed by atoms with E-state index in [1.54, 1.807) is 24.3 Å². The fourth-order valence-corrected chi connectivity index (χ4v) is 1.78. The highest BCUT2D eigenvalue weighted by atomic mass is 19.1. The van der Waals surface area contributed by atoms with Crippen molar-refractivity contribution in [1.82, 2.24) is 0 Å². The van der Waals surface area contributed by atoms with Gasteiger partial charge in [0.15, 0.2) is 0 Å². The lowest BCUT2D eigenvalue weighted by atomic mass is 10.2. The van der Waals surface area contributed by atoms with Crippen LogP contribution in [0.4, 0.5) is 14.5 Å². The summed E-state index contributed by atoms with van der Waals surface area (Å²) in [6.45, 7) is 4.58. The Kier molecular flexibility index (Phi) is 5.09. The zero-order valence-electron chi connectivity index (χ0n) is 12.4. The minimum Gasteiger partial charge on any atom is -0.493 e. The Labute approximate surface area is 127 Å². The van der Waals surface area contributed by atoms with Crippen LogP contribution in [0.1, 0.15) is 24.2 Å². The molecule has 5 heteroatoms. The molecule has 1 N–H and O–H groups in total. The van der Waals surface area contributed by atoms with E-state index < -0.39 is 17.5 Å². The first kappa shape index (κ1) is 15.9. The Balaban J connectivity index is 2.10. The number of ether oxygens (including phenoxy) is 1. The first-order valence-electron chi connectivity index (χ1n) is 6.95. The molecule has 116 valence electrons. The molecule has 0 spiro atoms. The summed E-state index contributed by atoms with van der Waals surface area (Å²) in [4.78, 5) is 12.1. The molecule has 0 unspecified atom stereocenters. The number of hydrogen-bond acceptors (Lipinski definition) is 2. The second-order valence-electron chi connectivity index (χ2n) is 5.31. The fraction of sp³-hybridized carbons (Fsp3) is 0.235. The van der Waals surface area contributed by atoms with E-state index in [0.717, 1.165) is 12.1 Å². The fourth-order valence-electron chi connectivity index (χ4n) is 1.78. The van der Waals surface area contributed by atoms with E-state index in [1.165, 1.54) is 6.07 Å². The molecule has 2 aromatic carbocycles. The van der Waals surface area contributed by atoms with Crippen molar-refractivity contribution in [2.24, 2.45) is 5.92 Å². The largest absolute Gasteiger partial charge is 0.493 e. The molecule has 0 aliphatic heterocycles. The van der Waals surface area contributed by atoms with Crippen LogP contribution in [0.15, 0.2) is 42.5 Å². The number of nitrogens with one attached hydrogen (secondary N) is 1. The van der Waals surface area contributed by atoms with Crippen LogP contribution in [-0.4, -0.2) is 12.5 Å². The SMILES string of the molecule is CC(C)COc1cccc(C(=O)Nc2ccc(F)cc2F)c1. The van der Waals surface area contributed by atoms with Gasteiger partial charge in [0, 0.05) is 11.6 Å². The summed E-state index contributed by atoms with van der Waals surface area (Å²) in [7, 11) is 0. The average molecular weight is 305 g/mol. The third-order valence-corrected chi connectivity index (χ3v) is 2.86. The maximum Gasteiger partial charge on any atom is 0.255 e. The number of rotatable bonds is 5. The smallest absolute Gasteiger partial charge is 0.255 e. The van der Waals surface area contributed by atoms with Crippen molar-refractivity contribution in [2.75, 3.05) is 11.9 Å². The van der Waals surface area contributed by atoms with Crippen LogP contribution in [0, 0.1) is 17.6 Å². The number of carbonyl (C=O) groups is 1. The van der Waals surface area contributed by atoms with Crippen molar-refractivity contribution in [2.45, 2.75) is 13.8 Å². The molecular weight excluding hydrogens is 288 g/mol. The third kappa shape index (κ3) is 4.28. The van der Waals surface area contributed by atoms with Gasteiger partial charge in [0.05, 0.1) is 12.3 Å². The molecule has 3 nitrogen and oxygen atoms in total. The van der Waals surface area contributed by atoms with Crippen LogP contribution in [0.3, 0.4) is 0 Å². The van der Waals surface area contributed by atoms with E-state index in [-0.39, 0.29) is 5.69 Å². The molecule has 0 aromatic heterocycles. The Bertz CT molecular complexity index is 671. The lowest BCUT2D eigenvalue weighted by molar-refractivity contribution is 0.102. The van der Waals surface area contributed by atoms with Crippen molar-refractivity contribution < 1.29 is 18.3 Å². The van der Waals surface area contributed by atoms with Gasteiger partial charge in [-0.15, -0.1) is 0 Å². The Morgan fingerprint density at radius 3 is 2.64 bits per heavy atom. The van der Waals surface area contributed by atoms with Gasteiger partial charge in [-0.2, -0.15) is 0 Å². The van der Waals surface area contributed by atoms with Crippen LogP contribution >= 0.6 is 0 Å². The van der Waals surface area contributed by atoms with Crippen LogP contribution in [-0.2, 0) is 0 Å². The normalized spacial score (nSPS) is 10.6. The molecule has 0 saturated carbocycles. The van der Waals surface area contributed by atoms with Crippen molar-refractivity contribution in [3.63, 3.8) is 0 Å². The van der Waals surface area contributed by atoms with Crippen molar-refractivity contribution in [3.05, 3.63) is 59.7 Å². The zero-order chi connectivity index (χ0) is 16.1. The summed E-state index contributed by atoms with van der Waals surface area (Å²) in [6.07, 6.45) is 0. The minimum atomic E-state index is -0.819. The van der Waals surface area contributed by atoms with Gasteiger partial charge in [0.1, 0.15) is 17.4 Å². The third-order valence-electron chi connectivity index (χ3n) is 2.86. The highest BCUT2D eigenvalue weighted by Gasteiger charge is 2.11. The summed E-state index contributed by atoms with van der Waals surface area (Å²) in [5, 5.41) is 2.41. The van der Waals surface area contributed by atoms with Gasteiger partial charge >= 0.3 is 0 Å². The second kappa shape index (κ2) is 7.02. The van der Waals surface area contributed by atoms with E-state index in [9.17, 15) is 13.6 Å². The molecule has 0 aliphatic carbocycles. The van der Waals surface area contributed by atoms with E-state index in [2.05, 4.69) is 5.32 Å². The second-order valence-corrected chi connectivity index (χ2v) is 5.31. The van der Waals surface area contributed by atoms with Crippen LogP contribution < -0.4 is 10.1 Å². The van der Waals surface area contributed by atoms with Gasteiger partial charge in [0.2, 0.25) is 0 Å². The zero-order valence-corrected chi connectivity index (χ0v) is 12.4. The minimum absolute atomic E-state index is 0.0695. The van der Waals surface area contributed by atoms with Gasteiger partial charge in [0.25, 0.3) is 5.91 Å². The van der Waals surface area contributed by atoms with Crippen molar-refractivity contribution in [1.29, 1.82) is 0 Å². The van der Waals surface area contributed by atoms with E-state index >= 15 is 0 Å². The lowest BCUT2D eigenvalue weighted by Gasteiger charge is -2.10. The molecule has 0 saturated heterocycles. The van der Waals surface area contributed by atoms with E-state index in [1.807, 2.05) is 13.8 Å². The predicted molar refractivity (Wildman–Crippen MR) is 81.1 cm³/mol. The van der Waals surface area contributed by atoms with Crippen LogP contribution in [0.5, 0.6) is 5.75 Å². The monoisotopic (exact) mass is 305 g/mol. The Morgan fingerprint density at radius 1 is 1.18 bits per heavy atom. The topological polar surface area (TPSA) is 38.3 Å². The summed E-state index contributed by atoms with van der Waals surface area (Å²) in [5.41, 5.74) is 0.268. The van der Waals surface area contributed by atoms with Gasteiger partial charge in [-0.25, -0.2) is 8.78 Å². The van der Waals surface area contributed by atoms with E-state index in [0.29, 0.717) is 23.8 Å². The molecule has 22 heavy (non-hydrogen) atoms. The molecule has 0 heterocycles. The molecule has 2 rings (SSSR count). The first-order valence-corrected chi connectivity index (χ1v) is 6.95. The van der Waals surface area contributed by atoms with Crippen LogP contribution in [0.2, 0.25) is 0 Å². The molecule has 0 fully saturated rings. The summed E-state index contributed by atoms with van der Waals surface area (Å²) >= 11 is 0. The number of halogens is 2. The van der Waals surface area contributed by atoms with Gasteiger partial charge in [-0.1, -0.05) is 19.9 Å². The van der Waals surface area contributed by atoms with Gasteiger partial charge in [-0.05, 0) is 36.2 Å². The molecule has 2 aromatic rings. The molecule has 0 aliphatic rings. The highest BCUT2D eigenvalue weighted by molar-refractivity contribution is 6.04.